The zero-order valence-electron chi connectivity index (χ0n) is 9.64. The monoisotopic (exact) mass is 241 g/mol. The van der Waals surface area contributed by atoms with E-state index >= 15 is 0 Å². The molecule has 0 aliphatic heterocycles. The van der Waals surface area contributed by atoms with Gasteiger partial charge < -0.3 is 25.4 Å². The second-order valence-corrected chi connectivity index (χ2v) is 3.74. The molecule has 6 heteroatoms. The van der Waals surface area contributed by atoms with Gasteiger partial charge in [-0.1, -0.05) is 0 Å². The SMILES string of the molecule is COCOc1cc(O)ccc1C(C)(N)C(=O)O. The highest BCUT2D eigenvalue weighted by Gasteiger charge is 2.33. The van der Waals surface area contributed by atoms with Crippen molar-refractivity contribution in [3.8, 4) is 11.5 Å². The summed E-state index contributed by atoms with van der Waals surface area (Å²) >= 11 is 0. The standard InChI is InChI=1S/C11H15NO5/c1-11(12,10(14)15)8-4-3-7(13)5-9(8)17-6-16-2/h3-5,13H,6,12H2,1-2H3,(H,14,15). The van der Waals surface area contributed by atoms with Crippen molar-refractivity contribution in [1.82, 2.24) is 0 Å². The molecule has 0 bridgehead atoms. The van der Waals surface area contributed by atoms with Gasteiger partial charge in [0.2, 0.25) is 0 Å². The molecule has 0 amide bonds. The number of hydrogen-bond donors (Lipinski definition) is 3. The summed E-state index contributed by atoms with van der Waals surface area (Å²) in [7, 11) is 1.43. The molecule has 0 spiro atoms. The Morgan fingerprint density at radius 3 is 2.71 bits per heavy atom. The number of carboxylic acids is 1. The Labute approximate surface area is 98.6 Å². The van der Waals surface area contributed by atoms with Gasteiger partial charge in [-0.2, -0.15) is 0 Å². The molecule has 0 aromatic heterocycles. The zero-order chi connectivity index (χ0) is 13.1. The van der Waals surface area contributed by atoms with E-state index in [2.05, 4.69) is 0 Å². The summed E-state index contributed by atoms with van der Waals surface area (Å²) in [5.41, 5.74) is 4.36. The number of phenolic OH excluding ortho intramolecular Hbond substituents is 1. The molecule has 0 heterocycles. The van der Waals surface area contributed by atoms with E-state index in [1.165, 1.54) is 32.2 Å². The van der Waals surface area contributed by atoms with Gasteiger partial charge >= 0.3 is 5.97 Å². The average molecular weight is 241 g/mol. The first-order chi connectivity index (χ1) is 7.89. The van der Waals surface area contributed by atoms with Crippen molar-refractivity contribution < 1.29 is 24.5 Å². The van der Waals surface area contributed by atoms with Gasteiger partial charge in [0.1, 0.15) is 17.0 Å². The van der Waals surface area contributed by atoms with Crippen LogP contribution in [0.25, 0.3) is 0 Å². The molecule has 4 N–H and O–H groups in total. The molecule has 1 atom stereocenters. The maximum absolute atomic E-state index is 11.1. The van der Waals surface area contributed by atoms with Crippen molar-refractivity contribution in [1.29, 1.82) is 0 Å². The lowest BCUT2D eigenvalue weighted by Crippen LogP contribution is -2.42. The summed E-state index contributed by atoms with van der Waals surface area (Å²) in [5.74, 6) is -1.05. The van der Waals surface area contributed by atoms with Gasteiger partial charge in [-0.15, -0.1) is 0 Å². The molecule has 1 aromatic rings. The maximum Gasteiger partial charge on any atom is 0.328 e. The fourth-order valence-electron chi connectivity index (χ4n) is 1.30. The van der Waals surface area contributed by atoms with Crippen LogP contribution in [0.2, 0.25) is 0 Å². The Bertz CT molecular complexity index is 416. The van der Waals surface area contributed by atoms with Crippen LogP contribution in [0.4, 0.5) is 0 Å². The number of methoxy groups -OCH3 is 1. The van der Waals surface area contributed by atoms with Gasteiger partial charge in [0.25, 0.3) is 0 Å². The first kappa shape index (κ1) is 13.3. The van der Waals surface area contributed by atoms with Crippen LogP contribution in [0.5, 0.6) is 11.5 Å². The van der Waals surface area contributed by atoms with Crippen LogP contribution in [0.3, 0.4) is 0 Å². The summed E-state index contributed by atoms with van der Waals surface area (Å²) < 4.78 is 9.90. The Kier molecular flexibility index (Phi) is 3.93. The molecule has 0 aliphatic rings. The van der Waals surface area contributed by atoms with Crippen molar-refractivity contribution in [3.05, 3.63) is 23.8 Å². The molecule has 6 nitrogen and oxygen atoms in total. The summed E-state index contributed by atoms with van der Waals surface area (Å²) in [5, 5.41) is 18.4. The van der Waals surface area contributed by atoms with Crippen molar-refractivity contribution in [3.63, 3.8) is 0 Å². The predicted octanol–water partition coefficient (Wildman–Crippen LogP) is 0.633. The van der Waals surface area contributed by atoms with Gasteiger partial charge in [0.05, 0.1) is 0 Å². The number of aliphatic carboxylic acids is 1. The van der Waals surface area contributed by atoms with Crippen molar-refractivity contribution in [2.45, 2.75) is 12.5 Å². The highest BCUT2D eigenvalue weighted by molar-refractivity contribution is 5.81. The van der Waals surface area contributed by atoms with E-state index in [9.17, 15) is 9.90 Å². The molecule has 0 saturated carbocycles. The first-order valence-electron chi connectivity index (χ1n) is 4.87. The number of aromatic hydroxyl groups is 1. The van der Waals surface area contributed by atoms with E-state index in [4.69, 9.17) is 20.3 Å². The number of nitrogens with two attached hydrogens (primary N) is 1. The quantitative estimate of drug-likeness (QED) is 0.653. The molecule has 1 unspecified atom stereocenters. The summed E-state index contributed by atoms with van der Waals surface area (Å²) in [6.45, 7) is 1.29. The normalized spacial score (nSPS) is 14.1. The van der Waals surface area contributed by atoms with Crippen molar-refractivity contribution in [2.75, 3.05) is 13.9 Å². The second-order valence-electron chi connectivity index (χ2n) is 3.74. The Balaban J connectivity index is 3.18. The van der Waals surface area contributed by atoms with Crippen LogP contribution < -0.4 is 10.5 Å². The molecule has 0 saturated heterocycles. The number of hydrogen-bond acceptors (Lipinski definition) is 5. The van der Waals surface area contributed by atoms with Crippen LogP contribution in [0, 0.1) is 0 Å². The van der Waals surface area contributed by atoms with Crippen LogP contribution in [0.1, 0.15) is 12.5 Å². The fourth-order valence-corrected chi connectivity index (χ4v) is 1.30. The minimum Gasteiger partial charge on any atom is -0.508 e. The van der Waals surface area contributed by atoms with Crippen LogP contribution in [0.15, 0.2) is 18.2 Å². The molecule has 1 rings (SSSR count). The van der Waals surface area contributed by atoms with Crippen LogP contribution >= 0.6 is 0 Å². The molecule has 1 aromatic carbocycles. The topological polar surface area (TPSA) is 102 Å². The second kappa shape index (κ2) is 5.03. The van der Waals surface area contributed by atoms with E-state index in [0.29, 0.717) is 0 Å². The van der Waals surface area contributed by atoms with Gasteiger partial charge in [-0.25, -0.2) is 4.79 Å². The number of carboxylic acid groups (broad SMARTS) is 1. The maximum atomic E-state index is 11.1. The number of ether oxygens (including phenoxy) is 2. The smallest absolute Gasteiger partial charge is 0.328 e. The van der Waals surface area contributed by atoms with Gasteiger partial charge in [-0.3, -0.25) is 0 Å². The number of carbonyl (C=O) groups is 1. The predicted molar refractivity (Wildman–Crippen MR) is 59.8 cm³/mol. The molecule has 0 fully saturated rings. The number of rotatable bonds is 5. The molecular formula is C11H15NO5. The third-order valence-electron chi connectivity index (χ3n) is 2.30. The lowest BCUT2D eigenvalue weighted by atomic mass is 9.92. The van der Waals surface area contributed by atoms with E-state index < -0.39 is 11.5 Å². The molecule has 0 radical (unpaired) electrons. The Hall–Kier alpha value is -1.79. The number of phenols is 1. The fraction of sp³-hybridized carbons (Fsp3) is 0.364. The molecular weight excluding hydrogens is 226 g/mol. The third kappa shape index (κ3) is 2.86. The van der Waals surface area contributed by atoms with E-state index in [-0.39, 0.29) is 23.9 Å². The van der Waals surface area contributed by atoms with Crippen LogP contribution in [-0.2, 0) is 15.1 Å². The minimum atomic E-state index is -1.60. The van der Waals surface area contributed by atoms with Gasteiger partial charge in [0.15, 0.2) is 6.79 Å². The zero-order valence-corrected chi connectivity index (χ0v) is 9.64. The van der Waals surface area contributed by atoms with Gasteiger partial charge in [-0.05, 0) is 19.1 Å². The van der Waals surface area contributed by atoms with Crippen molar-refractivity contribution >= 4 is 5.97 Å². The lowest BCUT2D eigenvalue weighted by molar-refractivity contribution is -0.143. The van der Waals surface area contributed by atoms with E-state index in [1.807, 2.05) is 0 Å². The largest absolute Gasteiger partial charge is 0.508 e. The summed E-state index contributed by atoms with van der Waals surface area (Å²) in [4.78, 5) is 11.1. The Morgan fingerprint density at radius 1 is 1.53 bits per heavy atom. The lowest BCUT2D eigenvalue weighted by Gasteiger charge is -2.22. The molecule has 94 valence electrons. The highest BCUT2D eigenvalue weighted by Crippen LogP contribution is 2.31. The minimum absolute atomic E-state index is 0.0407. The molecule has 17 heavy (non-hydrogen) atoms. The average Bonchev–Trinajstić information content (AvgIpc) is 2.25. The van der Waals surface area contributed by atoms with Crippen molar-refractivity contribution in [2.24, 2.45) is 5.73 Å². The van der Waals surface area contributed by atoms with Gasteiger partial charge in [0, 0.05) is 18.7 Å². The first-order valence-corrected chi connectivity index (χ1v) is 4.87. The Morgan fingerprint density at radius 2 is 2.18 bits per heavy atom. The van der Waals surface area contributed by atoms with E-state index in [1.54, 1.807) is 0 Å². The molecule has 0 aliphatic carbocycles. The van der Waals surface area contributed by atoms with Crippen LogP contribution in [-0.4, -0.2) is 30.1 Å². The number of benzene rings is 1. The summed E-state index contributed by atoms with van der Waals surface area (Å²) in [6, 6.07) is 4.06. The highest BCUT2D eigenvalue weighted by atomic mass is 16.7. The third-order valence-corrected chi connectivity index (χ3v) is 2.30. The van der Waals surface area contributed by atoms with E-state index in [0.717, 1.165) is 0 Å². The summed E-state index contributed by atoms with van der Waals surface area (Å²) in [6.07, 6.45) is 0.